The summed E-state index contributed by atoms with van der Waals surface area (Å²) in [4.78, 5) is 15.4. The van der Waals surface area contributed by atoms with E-state index < -0.39 is 11.9 Å². The van der Waals surface area contributed by atoms with Crippen LogP contribution in [0, 0.1) is 6.92 Å². The van der Waals surface area contributed by atoms with E-state index in [4.69, 9.17) is 0 Å². The quantitative estimate of drug-likeness (QED) is 0.734. The van der Waals surface area contributed by atoms with Crippen molar-refractivity contribution >= 4 is 22.6 Å². The third kappa shape index (κ3) is 2.45. The van der Waals surface area contributed by atoms with Crippen molar-refractivity contribution in [3.63, 3.8) is 0 Å². The van der Waals surface area contributed by atoms with E-state index in [2.05, 4.69) is 15.4 Å². The number of nitrogens with zero attached hydrogens (tertiary/aromatic N) is 3. The molecule has 0 bridgehead atoms. The van der Waals surface area contributed by atoms with E-state index in [9.17, 15) is 18.0 Å². The number of benzene rings is 1. The lowest BCUT2D eigenvalue weighted by molar-refractivity contribution is -0.141. The van der Waals surface area contributed by atoms with Gasteiger partial charge in [0, 0.05) is 18.3 Å². The van der Waals surface area contributed by atoms with Crippen molar-refractivity contribution in [1.82, 2.24) is 14.8 Å². The Bertz CT molecular complexity index is 1040. The first-order chi connectivity index (χ1) is 11.7. The van der Waals surface area contributed by atoms with Crippen LogP contribution in [0.3, 0.4) is 0 Å². The zero-order valence-electron chi connectivity index (χ0n) is 13.4. The number of anilines is 1. The molecular formula is C17H13F3N4O. The number of halogens is 3. The van der Waals surface area contributed by atoms with Crippen LogP contribution in [0.1, 0.15) is 16.8 Å². The normalized spacial score (nSPS) is 14.0. The number of hydrogen-bond donors (Lipinski definition) is 1. The molecule has 3 heterocycles. The number of fused-ring (bicyclic) bond motifs is 2. The largest absolute Gasteiger partial charge is 0.433 e. The summed E-state index contributed by atoms with van der Waals surface area (Å²) in [7, 11) is 1.66. The fraction of sp³-hybridized carbons (Fsp3) is 0.235. The molecule has 2 aromatic heterocycles. The van der Waals surface area contributed by atoms with Crippen molar-refractivity contribution in [3.05, 3.63) is 41.1 Å². The Balaban J connectivity index is 1.95. The van der Waals surface area contributed by atoms with Gasteiger partial charge in [0.1, 0.15) is 16.7 Å². The van der Waals surface area contributed by atoms with Crippen LogP contribution in [0.5, 0.6) is 0 Å². The standard InChI is InChI=1S/C17H13F3N4O/c1-8-5-10(6-9-7-13(25)22-14(8)9)16-15-11(23-24(16)2)3-4-12(21-15)17(18,19)20/h3-6H,7H2,1-2H3,(H,22,25). The zero-order chi connectivity index (χ0) is 17.9. The maximum atomic E-state index is 13.0. The fourth-order valence-electron chi connectivity index (χ4n) is 3.22. The number of pyridine rings is 1. The fourth-order valence-corrected chi connectivity index (χ4v) is 3.22. The van der Waals surface area contributed by atoms with E-state index in [0.29, 0.717) is 16.8 Å². The summed E-state index contributed by atoms with van der Waals surface area (Å²) in [6, 6.07) is 5.87. The molecule has 1 aliphatic heterocycles. The summed E-state index contributed by atoms with van der Waals surface area (Å²) < 4.78 is 40.5. The van der Waals surface area contributed by atoms with E-state index in [0.717, 1.165) is 22.9 Å². The Hall–Kier alpha value is -2.90. The van der Waals surface area contributed by atoms with Gasteiger partial charge >= 0.3 is 6.18 Å². The van der Waals surface area contributed by atoms with Gasteiger partial charge in [-0.15, -0.1) is 0 Å². The van der Waals surface area contributed by atoms with E-state index in [-0.39, 0.29) is 17.8 Å². The molecule has 8 heteroatoms. The molecule has 0 atom stereocenters. The first kappa shape index (κ1) is 15.6. The molecule has 3 aromatic rings. The maximum absolute atomic E-state index is 13.0. The highest BCUT2D eigenvalue weighted by molar-refractivity contribution is 6.01. The second kappa shape index (κ2) is 5.05. The minimum atomic E-state index is -4.52. The third-order valence-corrected chi connectivity index (χ3v) is 4.28. The molecule has 0 spiro atoms. The number of hydrogen-bond acceptors (Lipinski definition) is 3. The summed E-state index contributed by atoms with van der Waals surface area (Å²) in [6.45, 7) is 1.85. The molecule has 4 rings (SSSR count). The third-order valence-electron chi connectivity index (χ3n) is 4.28. The number of aryl methyl sites for hydroxylation is 2. The van der Waals surface area contributed by atoms with Crippen LogP contribution in [0.25, 0.3) is 22.3 Å². The van der Waals surface area contributed by atoms with Crippen molar-refractivity contribution in [2.24, 2.45) is 7.05 Å². The van der Waals surface area contributed by atoms with Crippen molar-refractivity contribution in [2.75, 3.05) is 5.32 Å². The average Bonchev–Trinajstić information content (AvgIpc) is 3.04. The summed E-state index contributed by atoms with van der Waals surface area (Å²) >= 11 is 0. The molecule has 1 amide bonds. The average molecular weight is 346 g/mol. The molecule has 0 fully saturated rings. The topological polar surface area (TPSA) is 59.8 Å². The van der Waals surface area contributed by atoms with Crippen LogP contribution in [0.4, 0.5) is 18.9 Å². The van der Waals surface area contributed by atoms with Gasteiger partial charge in [-0.1, -0.05) is 0 Å². The lowest BCUT2D eigenvalue weighted by Crippen LogP contribution is -2.07. The summed E-state index contributed by atoms with van der Waals surface area (Å²) in [5.41, 5.74) is 3.23. The van der Waals surface area contributed by atoms with Gasteiger partial charge < -0.3 is 5.32 Å². The maximum Gasteiger partial charge on any atom is 0.433 e. The second-order valence-electron chi connectivity index (χ2n) is 6.09. The minimum absolute atomic E-state index is 0.0948. The molecule has 1 N–H and O–H groups in total. The number of carbonyl (C=O) groups is 1. The zero-order valence-corrected chi connectivity index (χ0v) is 13.4. The Kier molecular flexibility index (Phi) is 3.15. The van der Waals surface area contributed by atoms with Crippen molar-refractivity contribution in [2.45, 2.75) is 19.5 Å². The van der Waals surface area contributed by atoms with Gasteiger partial charge in [-0.2, -0.15) is 18.3 Å². The number of nitrogens with one attached hydrogen (secondary N) is 1. The van der Waals surface area contributed by atoms with Crippen molar-refractivity contribution < 1.29 is 18.0 Å². The van der Waals surface area contributed by atoms with Gasteiger partial charge in [0.2, 0.25) is 5.91 Å². The summed E-state index contributed by atoms with van der Waals surface area (Å²) in [5.74, 6) is -0.0948. The second-order valence-corrected chi connectivity index (χ2v) is 6.09. The van der Waals surface area contributed by atoms with Gasteiger partial charge in [0.15, 0.2) is 0 Å². The molecule has 25 heavy (non-hydrogen) atoms. The van der Waals surface area contributed by atoms with E-state index in [1.54, 1.807) is 13.1 Å². The van der Waals surface area contributed by atoms with E-state index in [1.165, 1.54) is 10.7 Å². The highest BCUT2D eigenvalue weighted by Crippen LogP contribution is 2.36. The summed E-state index contributed by atoms with van der Waals surface area (Å²) in [6.07, 6.45) is -4.27. The lowest BCUT2D eigenvalue weighted by atomic mass is 10.0. The number of aromatic nitrogens is 3. The molecule has 0 saturated carbocycles. The van der Waals surface area contributed by atoms with Crippen LogP contribution in [0.15, 0.2) is 24.3 Å². The van der Waals surface area contributed by atoms with Crippen LogP contribution in [-0.2, 0) is 24.4 Å². The Morgan fingerprint density at radius 2 is 2.00 bits per heavy atom. The number of alkyl halides is 3. The van der Waals surface area contributed by atoms with Crippen LogP contribution in [0.2, 0.25) is 0 Å². The summed E-state index contributed by atoms with van der Waals surface area (Å²) in [5, 5.41) is 7.05. The van der Waals surface area contributed by atoms with Crippen molar-refractivity contribution in [1.29, 1.82) is 0 Å². The first-order valence-corrected chi connectivity index (χ1v) is 7.59. The molecule has 0 radical (unpaired) electrons. The smallest absolute Gasteiger partial charge is 0.325 e. The molecule has 0 aliphatic carbocycles. The molecule has 0 saturated heterocycles. The van der Waals surface area contributed by atoms with Gasteiger partial charge in [-0.3, -0.25) is 9.48 Å². The monoisotopic (exact) mass is 346 g/mol. The van der Waals surface area contributed by atoms with E-state index >= 15 is 0 Å². The minimum Gasteiger partial charge on any atom is -0.325 e. The molecule has 0 unspecified atom stereocenters. The predicted octanol–water partition coefficient (Wildman–Crippen LogP) is 3.46. The first-order valence-electron chi connectivity index (χ1n) is 7.59. The Morgan fingerprint density at radius 1 is 1.24 bits per heavy atom. The van der Waals surface area contributed by atoms with Crippen LogP contribution in [-0.4, -0.2) is 20.7 Å². The predicted molar refractivity (Wildman–Crippen MR) is 86.0 cm³/mol. The van der Waals surface area contributed by atoms with Crippen LogP contribution < -0.4 is 5.32 Å². The Labute approximate surface area is 140 Å². The highest BCUT2D eigenvalue weighted by Gasteiger charge is 2.33. The van der Waals surface area contributed by atoms with Gasteiger partial charge in [-0.05, 0) is 42.3 Å². The molecule has 128 valence electrons. The SMILES string of the molecule is Cc1cc(-c2c3nc(C(F)(F)F)ccc3nn2C)cc2c1NC(=O)C2. The Morgan fingerprint density at radius 3 is 2.72 bits per heavy atom. The van der Waals surface area contributed by atoms with Gasteiger partial charge in [0.25, 0.3) is 0 Å². The molecule has 1 aromatic carbocycles. The highest BCUT2D eigenvalue weighted by atomic mass is 19.4. The van der Waals surface area contributed by atoms with E-state index in [1.807, 2.05) is 13.0 Å². The van der Waals surface area contributed by atoms with Crippen LogP contribution >= 0.6 is 0 Å². The van der Waals surface area contributed by atoms with Gasteiger partial charge in [0.05, 0.1) is 12.1 Å². The van der Waals surface area contributed by atoms with Crippen molar-refractivity contribution in [3.8, 4) is 11.3 Å². The number of carbonyl (C=O) groups excluding carboxylic acids is 1. The molecular weight excluding hydrogens is 333 g/mol. The lowest BCUT2D eigenvalue weighted by Gasteiger charge is -2.09. The number of amides is 1. The molecule has 5 nitrogen and oxygen atoms in total. The number of rotatable bonds is 1. The molecule has 1 aliphatic rings. The van der Waals surface area contributed by atoms with Gasteiger partial charge in [-0.25, -0.2) is 4.98 Å².